The van der Waals surface area contributed by atoms with Crippen LogP contribution in [0, 0.1) is 16.0 Å². The third-order valence-corrected chi connectivity index (χ3v) is 7.98. The second kappa shape index (κ2) is 12.4. The summed E-state index contributed by atoms with van der Waals surface area (Å²) in [5, 5.41) is 10.9. The van der Waals surface area contributed by atoms with Crippen LogP contribution in [0.5, 0.6) is 0 Å². The third kappa shape index (κ3) is 6.21. The van der Waals surface area contributed by atoms with Gasteiger partial charge in [0.1, 0.15) is 5.76 Å². The third-order valence-electron chi connectivity index (χ3n) is 7.98. The number of nitrogens with zero attached hydrogens (tertiary/aromatic N) is 5. The Morgan fingerprint density at radius 2 is 1.75 bits per heavy atom. The van der Waals surface area contributed by atoms with E-state index in [0.29, 0.717) is 50.8 Å². The van der Waals surface area contributed by atoms with Crippen molar-refractivity contribution in [1.82, 2.24) is 14.4 Å². The van der Waals surface area contributed by atoms with Crippen molar-refractivity contribution >= 4 is 23.2 Å². The van der Waals surface area contributed by atoms with Gasteiger partial charge >= 0.3 is 0 Å². The maximum absolute atomic E-state index is 13.2. The molecule has 5 rings (SSSR count). The van der Waals surface area contributed by atoms with E-state index >= 15 is 0 Å². The number of furan rings is 1. The zero-order valence-corrected chi connectivity index (χ0v) is 23.0. The Labute approximate surface area is 234 Å². The predicted octanol–water partition coefficient (Wildman–Crippen LogP) is 4.93. The molecule has 2 amide bonds. The highest BCUT2D eigenvalue weighted by molar-refractivity contribution is 5.91. The minimum absolute atomic E-state index is 0.0640. The van der Waals surface area contributed by atoms with Gasteiger partial charge in [0.25, 0.3) is 11.6 Å². The van der Waals surface area contributed by atoms with Crippen LogP contribution in [-0.2, 0) is 17.9 Å². The Morgan fingerprint density at radius 1 is 1.02 bits per heavy atom. The zero-order valence-electron chi connectivity index (χ0n) is 23.0. The number of rotatable bonds is 10. The van der Waals surface area contributed by atoms with E-state index in [4.69, 9.17) is 4.42 Å². The van der Waals surface area contributed by atoms with Gasteiger partial charge in [0.15, 0.2) is 5.76 Å². The van der Waals surface area contributed by atoms with Crippen LogP contribution in [0.25, 0.3) is 0 Å². The van der Waals surface area contributed by atoms with Crippen molar-refractivity contribution in [1.29, 1.82) is 0 Å². The van der Waals surface area contributed by atoms with Gasteiger partial charge in [-0.2, -0.15) is 0 Å². The number of hydrogen-bond donors (Lipinski definition) is 0. The largest absolute Gasteiger partial charge is 0.454 e. The smallest absolute Gasteiger partial charge is 0.289 e. The summed E-state index contributed by atoms with van der Waals surface area (Å²) in [5.74, 6) is 1.29. The summed E-state index contributed by atoms with van der Waals surface area (Å²) in [7, 11) is 0. The molecule has 0 radical (unpaired) electrons. The molecule has 0 spiro atoms. The summed E-state index contributed by atoms with van der Waals surface area (Å²) < 4.78 is 8.07. The van der Waals surface area contributed by atoms with Crippen LogP contribution >= 0.6 is 0 Å². The standard InChI is InChI=1S/C30H37N5O5/c1-2-15-34(29(36)23-6-3-4-7-23)21-26-8-5-16-33(26)22-27-13-14-28(40-27)30(37)32-19-17-31(18-20-32)24-9-11-25(12-10-24)35(38)39/h5,8-14,16,23H,2-4,6-7,15,17-22H2,1H3. The summed E-state index contributed by atoms with van der Waals surface area (Å²) in [4.78, 5) is 42.7. The number of carbonyl (C=O) groups is 2. The van der Waals surface area contributed by atoms with E-state index in [1.54, 1.807) is 23.1 Å². The van der Waals surface area contributed by atoms with Crippen molar-refractivity contribution in [2.45, 2.75) is 52.1 Å². The summed E-state index contributed by atoms with van der Waals surface area (Å²) in [6.07, 6.45) is 7.18. The highest BCUT2D eigenvalue weighted by Gasteiger charge is 2.28. The fourth-order valence-corrected chi connectivity index (χ4v) is 5.77. The minimum Gasteiger partial charge on any atom is -0.454 e. The number of anilines is 1. The molecule has 40 heavy (non-hydrogen) atoms. The molecule has 0 N–H and O–H groups in total. The molecule has 2 fully saturated rings. The summed E-state index contributed by atoms with van der Waals surface area (Å²) >= 11 is 0. The molecule has 10 heteroatoms. The number of amides is 2. The van der Waals surface area contributed by atoms with Gasteiger partial charge < -0.3 is 23.7 Å². The van der Waals surface area contributed by atoms with Crippen LogP contribution in [0.15, 0.2) is 59.1 Å². The van der Waals surface area contributed by atoms with Crippen LogP contribution in [0.2, 0.25) is 0 Å². The molecule has 1 aliphatic heterocycles. The molecule has 0 unspecified atom stereocenters. The maximum atomic E-state index is 13.2. The molecular formula is C30H37N5O5. The molecule has 1 aliphatic carbocycles. The fourth-order valence-electron chi connectivity index (χ4n) is 5.77. The second-order valence-electron chi connectivity index (χ2n) is 10.7. The molecule has 3 aromatic rings. The molecule has 3 heterocycles. The van der Waals surface area contributed by atoms with Crippen LogP contribution < -0.4 is 4.90 Å². The molecule has 10 nitrogen and oxygen atoms in total. The van der Waals surface area contributed by atoms with Crippen molar-refractivity contribution in [3.05, 3.63) is 82.1 Å². The first kappa shape index (κ1) is 27.5. The number of nitro groups is 1. The number of carbonyl (C=O) groups excluding carboxylic acids is 2. The molecule has 0 bridgehead atoms. The minimum atomic E-state index is -0.408. The van der Waals surface area contributed by atoms with Gasteiger partial charge in [0, 0.05) is 68.4 Å². The van der Waals surface area contributed by atoms with Crippen molar-refractivity contribution in [3.8, 4) is 0 Å². The average molecular weight is 548 g/mol. The average Bonchev–Trinajstić information content (AvgIpc) is 3.76. The molecule has 2 aromatic heterocycles. The lowest BCUT2D eigenvalue weighted by atomic mass is 10.1. The van der Waals surface area contributed by atoms with Crippen LogP contribution in [-0.4, -0.2) is 63.8 Å². The van der Waals surface area contributed by atoms with Gasteiger partial charge in [0.05, 0.1) is 18.0 Å². The number of piperazine rings is 1. The normalized spacial score (nSPS) is 15.9. The number of aromatic nitrogens is 1. The van der Waals surface area contributed by atoms with E-state index < -0.39 is 4.92 Å². The van der Waals surface area contributed by atoms with E-state index in [1.165, 1.54) is 12.1 Å². The Hall–Kier alpha value is -4.08. The van der Waals surface area contributed by atoms with Crippen LogP contribution in [0.1, 0.15) is 61.0 Å². The molecule has 212 valence electrons. The second-order valence-corrected chi connectivity index (χ2v) is 10.7. The Kier molecular flexibility index (Phi) is 8.52. The molecule has 2 aliphatic rings. The fraction of sp³-hybridized carbons (Fsp3) is 0.467. The summed E-state index contributed by atoms with van der Waals surface area (Å²) in [6, 6.07) is 14.1. The van der Waals surface area contributed by atoms with E-state index in [-0.39, 0.29) is 23.4 Å². The van der Waals surface area contributed by atoms with Crippen molar-refractivity contribution in [3.63, 3.8) is 0 Å². The van der Waals surface area contributed by atoms with Gasteiger partial charge in [-0.05, 0) is 55.7 Å². The highest BCUT2D eigenvalue weighted by atomic mass is 16.6. The van der Waals surface area contributed by atoms with Gasteiger partial charge in [-0.1, -0.05) is 19.8 Å². The van der Waals surface area contributed by atoms with Gasteiger partial charge in [-0.15, -0.1) is 0 Å². The lowest BCUT2D eigenvalue weighted by Crippen LogP contribution is -2.48. The molecule has 1 aromatic carbocycles. The molecule has 1 saturated heterocycles. The zero-order chi connectivity index (χ0) is 28.1. The molecular weight excluding hydrogens is 510 g/mol. The molecule has 0 atom stereocenters. The summed E-state index contributed by atoms with van der Waals surface area (Å²) in [6.45, 7) is 6.26. The number of non-ortho nitro benzene ring substituents is 1. The SMILES string of the molecule is CCCN(Cc1cccn1Cc1ccc(C(=O)N2CCN(c3ccc([N+](=O)[O-])cc3)CC2)o1)C(=O)C1CCCC1. The topological polar surface area (TPSA) is 105 Å². The maximum Gasteiger partial charge on any atom is 0.289 e. The van der Waals surface area contributed by atoms with Crippen LogP contribution in [0.3, 0.4) is 0 Å². The van der Waals surface area contributed by atoms with E-state index in [1.807, 2.05) is 29.3 Å². The Balaban J connectivity index is 1.17. The Morgan fingerprint density at radius 3 is 2.42 bits per heavy atom. The Bertz CT molecular complexity index is 1320. The van der Waals surface area contributed by atoms with Gasteiger partial charge in [-0.25, -0.2) is 0 Å². The van der Waals surface area contributed by atoms with Crippen molar-refractivity contribution in [2.24, 2.45) is 5.92 Å². The highest BCUT2D eigenvalue weighted by Crippen LogP contribution is 2.27. The first-order valence-electron chi connectivity index (χ1n) is 14.2. The lowest BCUT2D eigenvalue weighted by Gasteiger charge is -2.35. The molecule has 1 saturated carbocycles. The van der Waals surface area contributed by atoms with Crippen molar-refractivity contribution < 1.29 is 18.9 Å². The summed E-state index contributed by atoms with van der Waals surface area (Å²) in [5.41, 5.74) is 2.02. The number of hydrogen-bond acceptors (Lipinski definition) is 6. The predicted molar refractivity (Wildman–Crippen MR) is 151 cm³/mol. The lowest BCUT2D eigenvalue weighted by molar-refractivity contribution is -0.384. The number of benzene rings is 1. The van der Waals surface area contributed by atoms with E-state index in [2.05, 4.69) is 16.4 Å². The number of nitro benzene ring substituents is 1. The van der Waals surface area contributed by atoms with Crippen molar-refractivity contribution in [2.75, 3.05) is 37.6 Å². The monoisotopic (exact) mass is 547 g/mol. The van der Waals surface area contributed by atoms with E-state index in [9.17, 15) is 19.7 Å². The first-order valence-corrected chi connectivity index (χ1v) is 14.2. The first-order chi connectivity index (χ1) is 19.4. The van der Waals surface area contributed by atoms with Gasteiger partial charge in [-0.3, -0.25) is 19.7 Å². The van der Waals surface area contributed by atoms with E-state index in [0.717, 1.165) is 50.0 Å². The quantitative estimate of drug-likeness (QED) is 0.263. The van der Waals surface area contributed by atoms with Crippen LogP contribution in [0.4, 0.5) is 11.4 Å². The van der Waals surface area contributed by atoms with Gasteiger partial charge in [0.2, 0.25) is 5.91 Å².